The Morgan fingerprint density at radius 3 is 2.39 bits per heavy atom. The highest BCUT2D eigenvalue weighted by molar-refractivity contribution is 7.90. The molecule has 0 unspecified atom stereocenters. The summed E-state index contributed by atoms with van der Waals surface area (Å²) in [7, 11) is -1.44. The molecule has 0 radical (unpaired) electrons. The van der Waals surface area contributed by atoms with Gasteiger partial charge in [0, 0.05) is 4.90 Å². The fourth-order valence-electron chi connectivity index (χ4n) is 1.81. The van der Waals surface area contributed by atoms with E-state index in [0.29, 0.717) is 9.80 Å². The molecule has 0 bridgehead atoms. The van der Waals surface area contributed by atoms with Crippen molar-refractivity contribution in [1.82, 2.24) is 0 Å². The maximum absolute atomic E-state index is 12.4. The Hall–Kier alpha value is -1.42. The minimum absolute atomic E-state index is 0.167. The first-order valence-corrected chi connectivity index (χ1v) is 7.04. The Balaban J connectivity index is 2.41. The van der Waals surface area contributed by atoms with Gasteiger partial charge in [0.05, 0.1) is 10.8 Å². The summed E-state index contributed by atoms with van der Waals surface area (Å²) in [6.07, 6.45) is 0. The van der Waals surface area contributed by atoms with Gasteiger partial charge in [-0.2, -0.15) is 0 Å². The van der Waals surface area contributed by atoms with Crippen molar-refractivity contribution in [1.29, 1.82) is 0 Å². The summed E-state index contributed by atoms with van der Waals surface area (Å²) in [6, 6.07) is 7.37. The molecule has 4 heteroatoms. The van der Waals surface area contributed by atoms with Gasteiger partial charge in [0.2, 0.25) is 0 Å². The summed E-state index contributed by atoms with van der Waals surface area (Å²) >= 11 is 0. The van der Waals surface area contributed by atoms with Gasteiger partial charge >= 0.3 is 5.97 Å². The van der Waals surface area contributed by atoms with Crippen molar-refractivity contribution in [3.63, 3.8) is 0 Å². The minimum Gasteiger partial charge on any atom is -0.457 e. The predicted octanol–water partition coefficient (Wildman–Crippen LogP) is 2.57. The van der Waals surface area contributed by atoms with Gasteiger partial charge in [-0.25, -0.2) is 9.00 Å². The molecule has 0 saturated carbocycles. The average Bonchev–Trinajstić information content (AvgIpc) is 2.71. The molecule has 1 aromatic rings. The first-order chi connectivity index (χ1) is 8.50. The van der Waals surface area contributed by atoms with Gasteiger partial charge in [0.15, 0.2) is 0 Å². The third kappa shape index (κ3) is 2.38. The maximum atomic E-state index is 12.4. The van der Waals surface area contributed by atoms with Crippen LogP contribution >= 0.6 is 0 Å². The highest BCUT2D eigenvalue weighted by Gasteiger charge is 2.31. The van der Waals surface area contributed by atoms with Crippen molar-refractivity contribution >= 4 is 16.8 Å². The number of hydrogen-bond acceptors (Lipinski definition) is 3. The largest absolute Gasteiger partial charge is 0.457 e. The summed E-state index contributed by atoms with van der Waals surface area (Å²) in [5.41, 5.74) is 1.95. The van der Waals surface area contributed by atoms with Crippen LogP contribution in [0.2, 0.25) is 0 Å². The first-order valence-electron chi connectivity index (χ1n) is 5.89. The fourth-order valence-corrected chi connectivity index (χ4v) is 3.17. The zero-order valence-corrected chi connectivity index (χ0v) is 11.5. The molecule has 0 aliphatic carbocycles. The van der Waals surface area contributed by atoms with Crippen LogP contribution in [0.25, 0.3) is 0 Å². The van der Waals surface area contributed by atoms with Crippen molar-refractivity contribution in [2.75, 3.05) is 6.61 Å². The Bertz CT molecular complexity index is 526. The zero-order chi connectivity index (χ0) is 13.3. The Morgan fingerprint density at radius 2 is 1.83 bits per heavy atom. The van der Waals surface area contributed by atoms with E-state index in [2.05, 4.69) is 0 Å². The van der Waals surface area contributed by atoms with E-state index in [1.165, 1.54) is 0 Å². The van der Waals surface area contributed by atoms with Crippen LogP contribution in [0.3, 0.4) is 0 Å². The van der Waals surface area contributed by atoms with Gasteiger partial charge in [-0.15, -0.1) is 0 Å². The standard InChI is InChI=1S/C14H16O3S/c1-9(2)12-8-17-14(15)13(12)18(16)11-6-4-10(3)5-7-11/h4-7,9H,8H2,1-3H3/t18-/m0/s1. The normalized spacial score (nSPS) is 17.2. The highest BCUT2D eigenvalue weighted by atomic mass is 32.2. The average molecular weight is 264 g/mol. The van der Waals surface area contributed by atoms with Gasteiger partial charge < -0.3 is 4.74 Å². The molecule has 1 aromatic carbocycles. The lowest BCUT2D eigenvalue weighted by Crippen LogP contribution is -2.07. The molecule has 2 rings (SSSR count). The van der Waals surface area contributed by atoms with E-state index < -0.39 is 16.8 Å². The summed E-state index contributed by atoms with van der Waals surface area (Å²) in [4.78, 5) is 12.7. The fraction of sp³-hybridized carbons (Fsp3) is 0.357. The molecule has 0 spiro atoms. The first kappa shape index (κ1) is 13.0. The van der Waals surface area contributed by atoms with Crippen LogP contribution in [0.15, 0.2) is 39.6 Å². The number of aryl methyl sites for hydroxylation is 1. The van der Waals surface area contributed by atoms with Crippen molar-refractivity contribution in [2.45, 2.75) is 25.7 Å². The number of ether oxygens (including phenoxy) is 1. The van der Waals surface area contributed by atoms with Crippen LogP contribution in [0, 0.1) is 12.8 Å². The molecule has 18 heavy (non-hydrogen) atoms. The van der Waals surface area contributed by atoms with Gasteiger partial charge in [0.1, 0.15) is 11.5 Å². The van der Waals surface area contributed by atoms with E-state index in [1.54, 1.807) is 12.1 Å². The molecule has 3 nitrogen and oxygen atoms in total. The molecule has 1 heterocycles. The number of esters is 1. The molecule has 1 aliphatic heterocycles. The Morgan fingerprint density at radius 1 is 1.22 bits per heavy atom. The van der Waals surface area contributed by atoms with E-state index >= 15 is 0 Å². The van der Waals surface area contributed by atoms with Crippen molar-refractivity contribution in [3.8, 4) is 0 Å². The van der Waals surface area contributed by atoms with Gasteiger partial charge in [-0.1, -0.05) is 31.5 Å². The van der Waals surface area contributed by atoms with Crippen molar-refractivity contribution in [3.05, 3.63) is 40.3 Å². The minimum atomic E-state index is -1.44. The van der Waals surface area contributed by atoms with Crippen molar-refractivity contribution in [2.24, 2.45) is 5.92 Å². The molecular weight excluding hydrogens is 248 g/mol. The van der Waals surface area contributed by atoms with E-state index in [-0.39, 0.29) is 12.5 Å². The molecule has 1 aliphatic rings. The summed E-state index contributed by atoms with van der Waals surface area (Å²) in [5, 5.41) is 0. The maximum Gasteiger partial charge on any atom is 0.348 e. The predicted molar refractivity (Wildman–Crippen MR) is 70.4 cm³/mol. The monoisotopic (exact) mass is 264 g/mol. The lowest BCUT2D eigenvalue weighted by atomic mass is 10.1. The SMILES string of the molecule is Cc1ccc([S@](=O)C2=C(C(C)C)COC2=O)cc1. The lowest BCUT2D eigenvalue weighted by Gasteiger charge is -2.07. The highest BCUT2D eigenvalue weighted by Crippen LogP contribution is 2.28. The summed E-state index contributed by atoms with van der Waals surface area (Å²) in [6.45, 7) is 6.19. The van der Waals surface area contributed by atoms with Crippen molar-refractivity contribution < 1.29 is 13.7 Å². The van der Waals surface area contributed by atoms with Crippen LogP contribution < -0.4 is 0 Å². The van der Waals surface area contributed by atoms with Crippen LogP contribution in [0.5, 0.6) is 0 Å². The van der Waals surface area contributed by atoms with Gasteiger partial charge in [-0.3, -0.25) is 0 Å². The van der Waals surface area contributed by atoms with Gasteiger partial charge in [-0.05, 0) is 30.5 Å². The number of carbonyl (C=O) groups is 1. The van der Waals surface area contributed by atoms with E-state index in [0.717, 1.165) is 11.1 Å². The molecule has 1 atom stereocenters. The molecule has 0 amide bonds. The number of cyclic esters (lactones) is 1. The molecule has 0 N–H and O–H groups in total. The second kappa shape index (κ2) is 5.06. The quantitative estimate of drug-likeness (QED) is 0.788. The number of hydrogen-bond donors (Lipinski definition) is 0. The second-order valence-corrected chi connectivity index (χ2v) is 6.08. The molecule has 96 valence electrons. The van der Waals surface area contributed by atoms with Gasteiger partial charge in [0.25, 0.3) is 0 Å². The number of rotatable bonds is 3. The van der Waals surface area contributed by atoms with Crippen LogP contribution in [-0.4, -0.2) is 16.8 Å². The van der Waals surface area contributed by atoms with Crippen LogP contribution in [0.1, 0.15) is 19.4 Å². The topological polar surface area (TPSA) is 43.4 Å². The third-order valence-electron chi connectivity index (χ3n) is 2.95. The summed E-state index contributed by atoms with van der Waals surface area (Å²) < 4.78 is 17.4. The zero-order valence-electron chi connectivity index (χ0n) is 10.7. The third-order valence-corrected chi connectivity index (χ3v) is 4.45. The van der Waals surface area contributed by atoms with E-state index in [9.17, 15) is 9.00 Å². The number of benzene rings is 1. The molecule has 0 aromatic heterocycles. The van der Waals surface area contributed by atoms with Crippen LogP contribution in [-0.2, 0) is 20.3 Å². The Kier molecular flexibility index (Phi) is 3.66. The summed E-state index contributed by atoms with van der Waals surface area (Å²) in [5.74, 6) is -0.279. The van der Waals surface area contributed by atoms with Crippen LogP contribution in [0.4, 0.5) is 0 Å². The molecule has 0 saturated heterocycles. The molecular formula is C14H16O3S. The Labute approximate surface area is 109 Å². The van der Waals surface area contributed by atoms with E-state index in [1.807, 2.05) is 32.9 Å². The smallest absolute Gasteiger partial charge is 0.348 e. The van der Waals surface area contributed by atoms with E-state index in [4.69, 9.17) is 4.74 Å². The second-order valence-electron chi connectivity index (χ2n) is 4.67. The lowest BCUT2D eigenvalue weighted by molar-refractivity contribution is -0.135. The molecule has 0 fully saturated rings. The number of carbonyl (C=O) groups excluding carboxylic acids is 1.